The van der Waals surface area contributed by atoms with Gasteiger partial charge in [0, 0.05) is 11.4 Å². The Bertz CT molecular complexity index is 831. The first kappa shape index (κ1) is 16.2. The Morgan fingerprint density at radius 3 is 2.46 bits per heavy atom. The molecule has 3 amide bonds. The summed E-state index contributed by atoms with van der Waals surface area (Å²) < 4.78 is 0. The van der Waals surface area contributed by atoms with Crippen LogP contribution in [-0.2, 0) is 16.9 Å². The van der Waals surface area contributed by atoms with Crippen molar-refractivity contribution in [1.82, 2.24) is 15.2 Å². The van der Waals surface area contributed by atoms with Crippen molar-refractivity contribution in [3.05, 3.63) is 64.5 Å². The highest BCUT2D eigenvalue weighted by Crippen LogP contribution is 2.31. The molecule has 124 valence electrons. The first-order valence-corrected chi connectivity index (χ1v) is 7.96. The lowest BCUT2D eigenvalue weighted by Gasteiger charge is -2.24. The molecule has 0 aliphatic carbocycles. The van der Waals surface area contributed by atoms with E-state index in [-0.39, 0.29) is 18.5 Å². The topological polar surface area (TPSA) is 62.3 Å². The molecule has 0 radical (unpaired) electrons. The van der Waals surface area contributed by atoms with E-state index in [1.807, 2.05) is 57.2 Å². The fourth-order valence-corrected chi connectivity index (χ4v) is 3.21. The van der Waals surface area contributed by atoms with E-state index in [1.54, 1.807) is 6.92 Å². The number of carbonyl (C=O) groups is 2. The number of aromatic nitrogens is 1. The van der Waals surface area contributed by atoms with E-state index in [2.05, 4.69) is 10.3 Å². The van der Waals surface area contributed by atoms with Gasteiger partial charge >= 0.3 is 6.03 Å². The second-order valence-corrected chi connectivity index (χ2v) is 6.46. The van der Waals surface area contributed by atoms with Gasteiger partial charge in [-0.3, -0.25) is 14.7 Å². The van der Waals surface area contributed by atoms with Crippen molar-refractivity contribution in [2.24, 2.45) is 0 Å². The van der Waals surface area contributed by atoms with Crippen molar-refractivity contribution in [1.29, 1.82) is 0 Å². The Labute approximate surface area is 141 Å². The zero-order valence-corrected chi connectivity index (χ0v) is 14.4. The molecule has 1 aliphatic heterocycles. The lowest BCUT2D eigenvalue weighted by molar-refractivity contribution is -0.131. The molecule has 1 atom stereocenters. The summed E-state index contributed by atoms with van der Waals surface area (Å²) in [6.45, 7) is 7.73. The second-order valence-electron chi connectivity index (χ2n) is 6.46. The molecule has 3 rings (SSSR count). The lowest BCUT2D eigenvalue weighted by Crippen LogP contribution is -2.41. The molecule has 2 heterocycles. The van der Waals surface area contributed by atoms with Crippen LogP contribution in [0.2, 0.25) is 0 Å². The van der Waals surface area contributed by atoms with Crippen LogP contribution in [0.4, 0.5) is 4.79 Å². The Morgan fingerprint density at radius 1 is 1.08 bits per heavy atom. The second kappa shape index (κ2) is 5.74. The molecule has 1 unspecified atom stereocenters. The molecular weight excluding hydrogens is 302 g/mol. The van der Waals surface area contributed by atoms with E-state index in [0.29, 0.717) is 0 Å². The molecule has 5 nitrogen and oxygen atoms in total. The molecule has 1 saturated heterocycles. The van der Waals surface area contributed by atoms with Crippen molar-refractivity contribution in [3.63, 3.8) is 0 Å². The van der Waals surface area contributed by atoms with E-state index in [0.717, 1.165) is 28.1 Å². The van der Waals surface area contributed by atoms with Crippen LogP contribution >= 0.6 is 0 Å². The quantitative estimate of drug-likeness (QED) is 0.883. The van der Waals surface area contributed by atoms with E-state index in [4.69, 9.17) is 0 Å². The van der Waals surface area contributed by atoms with Gasteiger partial charge in [0.1, 0.15) is 5.54 Å². The number of imide groups is 1. The molecular formula is C19H21N3O2. The number of nitrogens with zero attached hydrogens (tertiary/aromatic N) is 2. The standard InChI is InChI=1S/C19H21N3O2/c1-12-7-5-6-8-16(12)19(4)17(23)22(18(24)21-19)11-15-10-9-13(2)20-14(15)3/h5-10H,11H2,1-4H3,(H,21,24). The molecule has 24 heavy (non-hydrogen) atoms. The minimum atomic E-state index is -1.03. The molecule has 0 bridgehead atoms. The number of nitrogens with one attached hydrogen (secondary N) is 1. The van der Waals surface area contributed by atoms with Crippen molar-refractivity contribution in [2.45, 2.75) is 39.8 Å². The van der Waals surface area contributed by atoms with Gasteiger partial charge in [-0.25, -0.2) is 4.79 Å². The molecule has 1 aliphatic rings. The van der Waals surface area contributed by atoms with E-state index < -0.39 is 5.54 Å². The summed E-state index contributed by atoms with van der Waals surface area (Å²) in [7, 11) is 0. The van der Waals surface area contributed by atoms with Gasteiger partial charge in [0.2, 0.25) is 0 Å². The first-order valence-electron chi connectivity index (χ1n) is 7.96. The number of urea groups is 1. The van der Waals surface area contributed by atoms with Crippen molar-refractivity contribution >= 4 is 11.9 Å². The summed E-state index contributed by atoms with van der Waals surface area (Å²) in [6.07, 6.45) is 0. The number of amides is 3. The highest BCUT2D eigenvalue weighted by Gasteiger charge is 2.49. The van der Waals surface area contributed by atoms with Crippen LogP contribution in [0, 0.1) is 20.8 Å². The molecule has 1 fully saturated rings. The Balaban J connectivity index is 1.93. The zero-order valence-electron chi connectivity index (χ0n) is 14.4. The number of hydrogen-bond donors (Lipinski definition) is 1. The van der Waals surface area contributed by atoms with Crippen molar-refractivity contribution < 1.29 is 9.59 Å². The molecule has 1 aromatic carbocycles. The van der Waals surface area contributed by atoms with Gasteiger partial charge in [-0.15, -0.1) is 0 Å². The van der Waals surface area contributed by atoms with Crippen LogP contribution < -0.4 is 5.32 Å². The predicted molar refractivity (Wildman–Crippen MR) is 91.3 cm³/mol. The Morgan fingerprint density at radius 2 is 1.79 bits per heavy atom. The number of aryl methyl sites for hydroxylation is 3. The largest absolute Gasteiger partial charge is 0.325 e. The summed E-state index contributed by atoms with van der Waals surface area (Å²) in [6, 6.07) is 11.1. The first-order chi connectivity index (χ1) is 11.3. The maximum Gasteiger partial charge on any atom is 0.325 e. The third-order valence-electron chi connectivity index (χ3n) is 4.62. The molecule has 2 aromatic rings. The summed E-state index contributed by atoms with van der Waals surface area (Å²) >= 11 is 0. The van der Waals surface area contributed by atoms with Crippen LogP contribution in [0.1, 0.15) is 35.0 Å². The van der Waals surface area contributed by atoms with Gasteiger partial charge < -0.3 is 5.32 Å². The SMILES string of the molecule is Cc1ccc(CN2C(=O)NC(C)(c3ccccc3C)C2=O)c(C)n1. The number of hydrogen-bond acceptors (Lipinski definition) is 3. The van der Waals surface area contributed by atoms with Crippen LogP contribution in [0.25, 0.3) is 0 Å². The number of rotatable bonds is 3. The fourth-order valence-electron chi connectivity index (χ4n) is 3.21. The maximum atomic E-state index is 13.0. The minimum absolute atomic E-state index is 0.227. The van der Waals surface area contributed by atoms with Gasteiger partial charge in [0.05, 0.1) is 6.54 Å². The van der Waals surface area contributed by atoms with Gasteiger partial charge in [0.25, 0.3) is 5.91 Å². The average Bonchev–Trinajstić information content (AvgIpc) is 2.74. The highest BCUT2D eigenvalue weighted by atomic mass is 16.2. The van der Waals surface area contributed by atoms with E-state index in [1.165, 1.54) is 4.90 Å². The molecule has 1 aromatic heterocycles. The van der Waals surface area contributed by atoms with Crippen LogP contribution in [-0.4, -0.2) is 21.8 Å². The smallest absolute Gasteiger partial charge is 0.319 e. The third-order valence-corrected chi connectivity index (χ3v) is 4.62. The molecule has 5 heteroatoms. The summed E-state index contributed by atoms with van der Waals surface area (Å²) in [5.74, 6) is -0.234. The fraction of sp³-hybridized carbons (Fsp3) is 0.316. The van der Waals surface area contributed by atoms with Crippen LogP contribution in [0.15, 0.2) is 36.4 Å². The van der Waals surface area contributed by atoms with Gasteiger partial charge in [-0.1, -0.05) is 30.3 Å². The number of pyridine rings is 1. The number of benzene rings is 1. The predicted octanol–water partition coefficient (Wildman–Crippen LogP) is 2.97. The number of carbonyl (C=O) groups excluding carboxylic acids is 2. The van der Waals surface area contributed by atoms with Gasteiger partial charge in [-0.05, 0) is 50.5 Å². The van der Waals surface area contributed by atoms with E-state index in [9.17, 15) is 9.59 Å². The Hall–Kier alpha value is -2.69. The summed E-state index contributed by atoms with van der Waals surface area (Å²) in [5, 5.41) is 2.86. The molecule has 0 saturated carbocycles. The van der Waals surface area contributed by atoms with Crippen molar-refractivity contribution in [2.75, 3.05) is 0 Å². The zero-order chi connectivity index (χ0) is 17.5. The van der Waals surface area contributed by atoms with Gasteiger partial charge in [0.15, 0.2) is 0 Å². The van der Waals surface area contributed by atoms with Crippen LogP contribution in [0.3, 0.4) is 0 Å². The summed E-state index contributed by atoms with van der Waals surface area (Å²) in [5.41, 5.74) is 3.39. The molecule has 1 N–H and O–H groups in total. The van der Waals surface area contributed by atoms with Crippen LogP contribution in [0.5, 0.6) is 0 Å². The van der Waals surface area contributed by atoms with Gasteiger partial charge in [-0.2, -0.15) is 0 Å². The van der Waals surface area contributed by atoms with Crippen molar-refractivity contribution in [3.8, 4) is 0 Å². The maximum absolute atomic E-state index is 13.0. The summed E-state index contributed by atoms with van der Waals surface area (Å²) in [4.78, 5) is 31.1. The Kier molecular flexibility index (Phi) is 3.87. The minimum Gasteiger partial charge on any atom is -0.319 e. The third kappa shape index (κ3) is 2.56. The highest BCUT2D eigenvalue weighted by molar-refractivity contribution is 6.07. The van der Waals surface area contributed by atoms with E-state index >= 15 is 0 Å². The lowest BCUT2D eigenvalue weighted by atomic mass is 9.88. The molecule has 0 spiro atoms. The monoisotopic (exact) mass is 323 g/mol. The normalized spacial score (nSPS) is 20.4. The average molecular weight is 323 g/mol.